The summed E-state index contributed by atoms with van der Waals surface area (Å²) < 4.78 is 31.8. The number of carbonyl (C=O) groups excluding carboxylic acids is 1. The van der Waals surface area contributed by atoms with Gasteiger partial charge in [-0.15, -0.1) is 0 Å². The Hall–Kier alpha value is -1.15. The molecule has 0 saturated carbocycles. The van der Waals surface area contributed by atoms with Crippen molar-refractivity contribution >= 4 is 27.6 Å². The second-order valence-electron chi connectivity index (χ2n) is 4.78. The molecule has 0 unspecified atom stereocenters. The first-order chi connectivity index (χ1) is 9.94. The maximum Gasteiger partial charge on any atom is 0.339 e. The topological polar surface area (TPSA) is 84.5 Å². The number of hydrogen-bond donors (Lipinski definition) is 2. The number of benzene rings is 1. The van der Waals surface area contributed by atoms with Gasteiger partial charge in [-0.05, 0) is 44.1 Å². The van der Waals surface area contributed by atoms with Gasteiger partial charge < -0.3 is 10.1 Å². The minimum absolute atomic E-state index is 0.0404. The Kier molecular flexibility index (Phi) is 5.21. The van der Waals surface area contributed by atoms with Gasteiger partial charge in [0.25, 0.3) is 0 Å². The lowest BCUT2D eigenvalue weighted by Gasteiger charge is -2.23. The smallest absolute Gasteiger partial charge is 0.339 e. The SMILES string of the molecule is COC(=O)c1ccc(S(=O)(=O)NC2CCNCC2)cc1Cl. The third kappa shape index (κ3) is 3.94. The number of sulfonamides is 1. The zero-order valence-corrected chi connectivity index (χ0v) is 13.1. The molecule has 0 radical (unpaired) electrons. The van der Waals surface area contributed by atoms with E-state index in [0.29, 0.717) is 0 Å². The Bertz CT molecular complexity index is 627. The predicted molar refractivity (Wildman–Crippen MR) is 79.0 cm³/mol. The van der Waals surface area contributed by atoms with Crippen molar-refractivity contribution in [1.29, 1.82) is 0 Å². The average molecular weight is 333 g/mol. The highest BCUT2D eigenvalue weighted by molar-refractivity contribution is 7.89. The fraction of sp³-hybridized carbons (Fsp3) is 0.462. The van der Waals surface area contributed by atoms with E-state index in [4.69, 9.17) is 11.6 Å². The van der Waals surface area contributed by atoms with Gasteiger partial charge in [0.05, 0.1) is 22.6 Å². The molecule has 0 bridgehead atoms. The van der Waals surface area contributed by atoms with Crippen LogP contribution in [0.15, 0.2) is 23.1 Å². The second-order valence-corrected chi connectivity index (χ2v) is 6.90. The summed E-state index contributed by atoms with van der Waals surface area (Å²) in [6.45, 7) is 1.57. The number of halogens is 1. The van der Waals surface area contributed by atoms with Gasteiger partial charge in [-0.3, -0.25) is 0 Å². The summed E-state index contributed by atoms with van der Waals surface area (Å²) in [6.07, 6.45) is 1.49. The molecule has 6 nitrogen and oxygen atoms in total. The lowest BCUT2D eigenvalue weighted by molar-refractivity contribution is 0.0601. The highest BCUT2D eigenvalue weighted by atomic mass is 35.5. The fourth-order valence-corrected chi connectivity index (χ4v) is 3.82. The summed E-state index contributed by atoms with van der Waals surface area (Å²) in [4.78, 5) is 11.5. The van der Waals surface area contributed by atoms with E-state index >= 15 is 0 Å². The highest BCUT2D eigenvalue weighted by Crippen LogP contribution is 2.22. The normalized spacial score (nSPS) is 16.7. The van der Waals surface area contributed by atoms with Gasteiger partial charge in [-0.1, -0.05) is 11.6 Å². The summed E-state index contributed by atoms with van der Waals surface area (Å²) in [6, 6.07) is 3.87. The van der Waals surface area contributed by atoms with Crippen molar-refractivity contribution in [3.63, 3.8) is 0 Å². The molecule has 0 spiro atoms. The van der Waals surface area contributed by atoms with Gasteiger partial charge in [-0.25, -0.2) is 17.9 Å². The van der Waals surface area contributed by atoms with Crippen molar-refractivity contribution in [1.82, 2.24) is 10.0 Å². The quantitative estimate of drug-likeness (QED) is 0.808. The van der Waals surface area contributed by atoms with Crippen LogP contribution in [0.4, 0.5) is 0 Å². The Balaban J connectivity index is 2.20. The predicted octanol–water partition coefficient (Wildman–Crippen LogP) is 1.16. The molecule has 8 heteroatoms. The van der Waals surface area contributed by atoms with Crippen LogP contribution in [0.1, 0.15) is 23.2 Å². The highest BCUT2D eigenvalue weighted by Gasteiger charge is 2.23. The summed E-state index contributed by atoms with van der Waals surface area (Å²) in [5, 5.41) is 3.22. The standard InChI is InChI=1S/C13H17ClN2O4S/c1-20-13(17)11-3-2-10(8-12(11)14)21(18,19)16-9-4-6-15-7-5-9/h2-3,8-9,15-16H,4-7H2,1H3. The summed E-state index contributed by atoms with van der Waals surface area (Å²) in [5.74, 6) is -0.602. The van der Waals surface area contributed by atoms with Crippen LogP contribution in [0, 0.1) is 0 Å². The summed E-state index contributed by atoms with van der Waals surface area (Å²) in [5.41, 5.74) is 0.139. The molecule has 0 aromatic heterocycles. The van der Waals surface area contributed by atoms with E-state index in [9.17, 15) is 13.2 Å². The van der Waals surface area contributed by atoms with Gasteiger partial charge in [0.1, 0.15) is 0 Å². The Labute approximate surface area is 128 Å². The lowest BCUT2D eigenvalue weighted by Crippen LogP contribution is -2.42. The molecule has 1 aliphatic heterocycles. The van der Waals surface area contributed by atoms with E-state index in [1.165, 1.54) is 25.3 Å². The molecule has 1 aromatic carbocycles. The molecular weight excluding hydrogens is 316 g/mol. The zero-order chi connectivity index (χ0) is 15.5. The zero-order valence-electron chi connectivity index (χ0n) is 11.6. The van der Waals surface area contributed by atoms with E-state index in [-0.39, 0.29) is 21.5 Å². The Morgan fingerprint density at radius 3 is 2.62 bits per heavy atom. The molecule has 2 rings (SSSR count). The number of piperidine rings is 1. The van der Waals surface area contributed by atoms with Crippen LogP contribution in [-0.4, -0.2) is 40.6 Å². The van der Waals surface area contributed by atoms with Crippen LogP contribution in [-0.2, 0) is 14.8 Å². The lowest BCUT2D eigenvalue weighted by atomic mass is 10.1. The van der Waals surface area contributed by atoms with E-state index in [1.807, 2.05) is 0 Å². The van der Waals surface area contributed by atoms with Gasteiger partial charge in [-0.2, -0.15) is 0 Å². The first kappa shape index (κ1) is 16.2. The molecular formula is C13H17ClN2O4S. The maximum atomic E-state index is 12.3. The van der Waals surface area contributed by atoms with Crippen molar-refractivity contribution < 1.29 is 17.9 Å². The van der Waals surface area contributed by atoms with Crippen molar-refractivity contribution in [3.8, 4) is 0 Å². The number of nitrogens with one attached hydrogen (secondary N) is 2. The average Bonchev–Trinajstić information content (AvgIpc) is 2.47. The van der Waals surface area contributed by atoms with E-state index < -0.39 is 16.0 Å². The Morgan fingerprint density at radius 1 is 1.38 bits per heavy atom. The van der Waals surface area contributed by atoms with Crippen molar-refractivity contribution in [2.24, 2.45) is 0 Å². The fourth-order valence-electron chi connectivity index (χ4n) is 2.17. The van der Waals surface area contributed by atoms with Crippen LogP contribution in [0.2, 0.25) is 5.02 Å². The number of esters is 1. The summed E-state index contributed by atoms with van der Waals surface area (Å²) >= 11 is 5.95. The molecule has 1 fully saturated rings. The molecule has 0 amide bonds. The molecule has 21 heavy (non-hydrogen) atoms. The Morgan fingerprint density at radius 2 is 2.05 bits per heavy atom. The number of hydrogen-bond acceptors (Lipinski definition) is 5. The third-order valence-corrected chi connectivity index (χ3v) is 5.15. The van der Waals surface area contributed by atoms with E-state index in [2.05, 4.69) is 14.8 Å². The second kappa shape index (κ2) is 6.74. The van der Waals surface area contributed by atoms with Crippen LogP contribution >= 0.6 is 11.6 Å². The molecule has 2 N–H and O–H groups in total. The number of rotatable bonds is 4. The van der Waals surface area contributed by atoms with Gasteiger partial charge in [0.15, 0.2) is 0 Å². The van der Waals surface area contributed by atoms with Crippen LogP contribution in [0.25, 0.3) is 0 Å². The van der Waals surface area contributed by atoms with Crippen molar-refractivity contribution in [2.75, 3.05) is 20.2 Å². The molecule has 0 atom stereocenters. The van der Waals surface area contributed by atoms with Crippen LogP contribution < -0.4 is 10.0 Å². The third-order valence-electron chi connectivity index (χ3n) is 3.32. The monoisotopic (exact) mass is 332 g/mol. The molecule has 0 aliphatic carbocycles. The van der Waals surface area contributed by atoms with Gasteiger partial charge in [0.2, 0.25) is 10.0 Å². The van der Waals surface area contributed by atoms with Crippen LogP contribution in [0.3, 0.4) is 0 Å². The van der Waals surface area contributed by atoms with E-state index in [1.54, 1.807) is 0 Å². The molecule has 1 aromatic rings. The van der Waals surface area contributed by atoms with Crippen molar-refractivity contribution in [3.05, 3.63) is 28.8 Å². The van der Waals surface area contributed by atoms with Gasteiger partial charge >= 0.3 is 5.97 Å². The molecule has 1 heterocycles. The first-order valence-corrected chi connectivity index (χ1v) is 8.41. The molecule has 1 aliphatic rings. The van der Waals surface area contributed by atoms with E-state index in [0.717, 1.165) is 25.9 Å². The van der Waals surface area contributed by atoms with Crippen LogP contribution in [0.5, 0.6) is 0 Å². The first-order valence-electron chi connectivity index (χ1n) is 6.55. The molecule has 116 valence electrons. The number of carbonyl (C=O) groups is 1. The minimum Gasteiger partial charge on any atom is -0.465 e. The summed E-state index contributed by atoms with van der Waals surface area (Å²) in [7, 11) is -2.41. The molecule has 1 saturated heterocycles. The largest absolute Gasteiger partial charge is 0.465 e. The van der Waals surface area contributed by atoms with Crippen molar-refractivity contribution in [2.45, 2.75) is 23.8 Å². The maximum absolute atomic E-state index is 12.3. The van der Waals surface area contributed by atoms with Gasteiger partial charge in [0, 0.05) is 6.04 Å². The number of methoxy groups -OCH3 is 1. The minimum atomic E-state index is -3.65. The number of ether oxygens (including phenoxy) is 1.